The van der Waals surface area contributed by atoms with E-state index in [9.17, 15) is 10.5 Å². The highest BCUT2D eigenvalue weighted by atomic mass is 16.3. The second-order valence-corrected chi connectivity index (χ2v) is 18.2. The summed E-state index contributed by atoms with van der Waals surface area (Å²) >= 11 is 0. The summed E-state index contributed by atoms with van der Waals surface area (Å²) in [5.41, 5.74) is 13.6. The zero-order chi connectivity index (χ0) is 46.2. The van der Waals surface area contributed by atoms with Crippen molar-refractivity contribution in [3.63, 3.8) is 0 Å². The number of benzene rings is 11. The number of nitriles is 2. The second kappa shape index (κ2) is 14.3. The lowest BCUT2D eigenvalue weighted by atomic mass is 9.99. The molecule has 0 aliphatic carbocycles. The summed E-state index contributed by atoms with van der Waals surface area (Å²) in [6.07, 6.45) is 0. The summed E-state index contributed by atoms with van der Waals surface area (Å²) in [4.78, 5) is 0. The highest BCUT2D eigenvalue weighted by molar-refractivity contribution is 6.24. The Morgan fingerprint density at radius 2 is 0.757 bits per heavy atom. The first kappa shape index (κ1) is 38.2. The fourth-order valence-corrected chi connectivity index (χ4v) is 11.4. The van der Waals surface area contributed by atoms with Crippen LogP contribution in [0.4, 0.5) is 0 Å². The molecule has 0 aliphatic rings. The lowest BCUT2D eigenvalue weighted by Crippen LogP contribution is -2.07. The highest BCUT2D eigenvalue weighted by Crippen LogP contribution is 2.45. The van der Waals surface area contributed by atoms with Crippen LogP contribution in [-0.2, 0) is 0 Å². The first-order valence-corrected chi connectivity index (χ1v) is 23.3. The van der Waals surface area contributed by atoms with E-state index in [1.807, 2.05) is 36.4 Å². The second-order valence-electron chi connectivity index (χ2n) is 18.2. The standard InChI is InChI=1S/C64H34N4O2/c65-35-43-21-28-57(67-53-24-19-39(33-50(53)62-44-11-3-1-9-37(44)17-26-55(62)67)41-22-29-60-48(31-41)46-13-5-7-15-58(46)69-60)64(52(43)36-66)68-54-25-20-40(34-51(54)63-45-12-4-2-10-38(45)18-27-56(63)68)42-23-30-61-49(32-42)47-14-6-8-16-59(47)70-61/h1-34H. The molecule has 0 saturated carbocycles. The number of furan rings is 2. The van der Waals surface area contributed by atoms with Gasteiger partial charge < -0.3 is 18.0 Å². The summed E-state index contributed by atoms with van der Waals surface area (Å²) in [6, 6.07) is 77.0. The Hall–Kier alpha value is -9.88. The molecule has 15 rings (SSSR count). The normalized spacial score (nSPS) is 12.0. The number of hydrogen-bond donors (Lipinski definition) is 0. The first-order valence-electron chi connectivity index (χ1n) is 23.3. The van der Waals surface area contributed by atoms with Gasteiger partial charge in [0.05, 0.1) is 44.6 Å². The molecule has 70 heavy (non-hydrogen) atoms. The molecule has 0 spiro atoms. The van der Waals surface area contributed by atoms with E-state index in [-0.39, 0.29) is 0 Å². The molecule has 0 atom stereocenters. The molecule has 0 amide bonds. The molecule has 0 radical (unpaired) electrons. The van der Waals surface area contributed by atoms with Crippen molar-refractivity contribution in [2.45, 2.75) is 0 Å². The number of aromatic nitrogens is 2. The van der Waals surface area contributed by atoms with Gasteiger partial charge in [0.15, 0.2) is 0 Å². The molecule has 0 aliphatic heterocycles. The van der Waals surface area contributed by atoms with E-state index in [1.54, 1.807) is 6.07 Å². The molecule has 6 nitrogen and oxygen atoms in total. The van der Waals surface area contributed by atoms with Crippen LogP contribution in [0.25, 0.3) is 143 Å². The number of rotatable bonds is 4. The predicted molar refractivity (Wildman–Crippen MR) is 285 cm³/mol. The molecule has 6 heteroatoms. The fourth-order valence-electron chi connectivity index (χ4n) is 11.4. The van der Waals surface area contributed by atoms with Gasteiger partial charge in [-0.05, 0) is 129 Å². The molecule has 0 fully saturated rings. The van der Waals surface area contributed by atoms with Gasteiger partial charge in [-0.1, -0.05) is 121 Å². The quantitative estimate of drug-likeness (QED) is 0.176. The van der Waals surface area contributed by atoms with Crippen LogP contribution in [-0.4, -0.2) is 9.13 Å². The minimum atomic E-state index is 0.307. The van der Waals surface area contributed by atoms with Crippen molar-refractivity contribution >= 4 is 109 Å². The van der Waals surface area contributed by atoms with Crippen molar-refractivity contribution in [3.8, 4) is 45.8 Å². The Morgan fingerprint density at radius 3 is 1.29 bits per heavy atom. The molecule has 4 heterocycles. The molecule has 322 valence electrons. The minimum absolute atomic E-state index is 0.307. The van der Waals surface area contributed by atoms with Gasteiger partial charge in [0.2, 0.25) is 0 Å². The number of para-hydroxylation sites is 2. The van der Waals surface area contributed by atoms with E-state index in [0.29, 0.717) is 16.8 Å². The van der Waals surface area contributed by atoms with Crippen LogP contribution < -0.4 is 0 Å². The third-order valence-corrected chi connectivity index (χ3v) is 14.6. The third-order valence-electron chi connectivity index (χ3n) is 14.6. The highest BCUT2D eigenvalue weighted by Gasteiger charge is 2.26. The Balaban J connectivity index is 1.02. The minimum Gasteiger partial charge on any atom is -0.456 e. The van der Waals surface area contributed by atoms with Gasteiger partial charge in [0.25, 0.3) is 0 Å². The fraction of sp³-hybridized carbons (Fsp3) is 0. The van der Waals surface area contributed by atoms with Crippen LogP contribution in [0.5, 0.6) is 0 Å². The summed E-state index contributed by atoms with van der Waals surface area (Å²) in [5.74, 6) is 0. The number of fused-ring (bicyclic) bond motifs is 16. The van der Waals surface area contributed by atoms with Gasteiger partial charge in [-0.15, -0.1) is 0 Å². The molecule has 15 aromatic rings. The summed E-state index contributed by atoms with van der Waals surface area (Å²) < 4.78 is 17.0. The molecular weight excluding hydrogens is 857 g/mol. The van der Waals surface area contributed by atoms with Gasteiger partial charge in [-0.25, -0.2) is 0 Å². The van der Waals surface area contributed by atoms with Gasteiger partial charge in [0, 0.05) is 43.1 Å². The zero-order valence-electron chi connectivity index (χ0n) is 37.2. The average molecular weight is 891 g/mol. The summed E-state index contributed by atoms with van der Waals surface area (Å²) in [5, 5.41) is 35.1. The topological polar surface area (TPSA) is 83.7 Å². The Bertz CT molecular complexity index is 4870. The van der Waals surface area contributed by atoms with E-state index in [4.69, 9.17) is 8.83 Å². The van der Waals surface area contributed by atoms with E-state index < -0.39 is 0 Å². The van der Waals surface area contributed by atoms with Crippen LogP contribution in [0.15, 0.2) is 215 Å². The number of nitrogens with zero attached hydrogens (tertiary/aromatic N) is 4. The van der Waals surface area contributed by atoms with Gasteiger partial charge in [-0.3, -0.25) is 0 Å². The van der Waals surface area contributed by atoms with Crippen molar-refractivity contribution in [1.29, 1.82) is 10.5 Å². The molecule has 0 N–H and O–H groups in total. The van der Waals surface area contributed by atoms with Crippen molar-refractivity contribution in [3.05, 3.63) is 217 Å². The molecule has 0 bridgehead atoms. The van der Waals surface area contributed by atoms with E-state index in [1.165, 1.54) is 0 Å². The third kappa shape index (κ3) is 5.30. The van der Waals surface area contributed by atoms with Gasteiger partial charge in [-0.2, -0.15) is 10.5 Å². The predicted octanol–water partition coefficient (Wildman–Crippen LogP) is 17.1. The van der Waals surface area contributed by atoms with Crippen LogP contribution in [0.3, 0.4) is 0 Å². The van der Waals surface area contributed by atoms with E-state index in [0.717, 1.165) is 137 Å². The smallest absolute Gasteiger partial charge is 0.135 e. The van der Waals surface area contributed by atoms with Crippen LogP contribution in [0, 0.1) is 22.7 Å². The van der Waals surface area contributed by atoms with Crippen LogP contribution in [0.1, 0.15) is 11.1 Å². The van der Waals surface area contributed by atoms with Crippen LogP contribution in [0.2, 0.25) is 0 Å². The molecule has 11 aromatic carbocycles. The summed E-state index contributed by atoms with van der Waals surface area (Å²) in [6.45, 7) is 0. The first-order chi connectivity index (χ1) is 34.6. The molecule has 0 saturated heterocycles. The summed E-state index contributed by atoms with van der Waals surface area (Å²) in [7, 11) is 0. The lowest BCUT2D eigenvalue weighted by molar-refractivity contribution is 0.668. The Morgan fingerprint density at radius 1 is 0.329 bits per heavy atom. The maximum Gasteiger partial charge on any atom is 0.135 e. The van der Waals surface area contributed by atoms with E-state index in [2.05, 4.69) is 185 Å². The average Bonchev–Trinajstić information content (AvgIpc) is 4.17. The maximum atomic E-state index is 11.3. The number of hydrogen-bond acceptors (Lipinski definition) is 4. The van der Waals surface area contributed by atoms with Crippen LogP contribution >= 0.6 is 0 Å². The van der Waals surface area contributed by atoms with Crippen molar-refractivity contribution in [2.75, 3.05) is 0 Å². The molecule has 0 unspecified atom stereocenters. The Labute approximate surface area is 398 Å². The maximum absolute atomic E-state index is 11.3. The largest absolute Gasteiger partial charge is 0.456 e. The lowest BCUT2D eigenvalue weighted by Gasteiger charge is -2.19. The van der Waals surface area contributed by atoms with Crippen molar-refractivity contribution in [2.24, 2.45) is 0 Å². The van der Waals surface area contributed by atoms with Crippen molar-refractivity contribution < 1.29 is 8.83 Å². The zero-order valence-corrected chi connectivity index (χ0v) is 37.2. The van der Waals surface area contributed by atoms with E-state index >= 15 is 0 Å². The SMILES string of the molecule is N#Cc1ccc(-n2c3ccc(-c4ccc5oc6ccccc6c5c4)cc3c3c4ccccc4ccc32)c(-n2c3ccc(-c4ccc5oc6ccccc6c5c4)cc3c3c4ccccc4ccc32)c1C#N. The van der Waals surface area contributed by atoms with Gasteiger partial charge in [0.1, 0.15) is 34.5 Å². The Kier molecular flexibility index (Phi) is 7.82. The molecular formula is C64H34N4O2. The van der Waals surface area contributed by atoms with Gasteiger partial charge >= 0.3 is 0 Å². The molecule has 4 aromatic heterocycles. The van der Waals surface area contributed by atoms with Crippen molar-refractivity contribution in [1.82, 2.24) is 9.13 Å². The monoisotopic (exact) mass is 890 g/mol.